The van der Waals surface area contributed by atoms with E-state index >= 15 is 0 Å². The third-order valence-electron chi connectivity index (χ3n) is 5.40. The molecule has 0 bridgehead atoms. The monoisotopic (exact) mass is 429 g/mol. The molecule has 0 aliphatic carbocycles. The second-order valence-corrected chi connectivity index (χ2v) is 9.71. The van der Waals surface area contributed by atoms with Crippen molar-refractivity contribution < 1.29 is 8.42 Å². The zero-order chi connectivity index (χ0) is 20.6. The van der Waals surface area contributed by atoms with E-state index in [1.807, 2.05) is 25.3 Å². The SMILES string of the molecule is CCCn1cc(C2=CCN(S(=O)(=O)c3ccc(C)c(Cl)c3)CC2)c2cccnc21. The van der Waals surface area contributed by atoms with Crippen molar-refractivity contribution in [3.8, 4) is 0 Å². The molecule has 0 saturated heterocycles. The van der Waals surface area contributed by atoms with E-state index in [1.165, 1.54) is 15.9 Å². The van der Waals surface area contributed by atoms with Crippen LogP contribution in [0.3, 0.4) is 0 Å². The fourth-order valence-electron chi connectivity index (χ4n) is 3.79. The topological polar surface area (TPSA) is 55.2 Å². The lowest BCUT2D eigenvalue weighted by Gasteiger charge is -2.26. The molecule has 0 amide bonds. The minimum Gasteiger partial charge on any atom is -0.332 e. The van der Waals surface area contributed by atoms with E-state index in [9.17, 15) is 8.42 Å². The van der Waals surface area contributed by atoms with Crippen molar-refractivity contribution in [3.05, 3.63) is 65.0 Å². The molecule has 0 spiro atoms. The lowest BCUT2D eigenvalue weighted by Crippen LogP contribution is -2.34. The van der Waals surface area contributed by atoms with Crippen LogP contribution in [0, 0.1) is 6.92 Å². The molecular weight excluding hydrogens is 406 g/mol. The number of rotatable bonds is 5. The highest BCUT2D eigenvalue weighted by Crippen LogP contribution is 2.32. The van der Waals surface area contributed by atoms with Gasteiger partial charge in [0.15, 0.2) is 0 Å². The summed E-state index contributed by atoms with van der Waals surface area (Å²) >= 11 is 6.14. The van der Waals surface area contributed by atoms with E-state index < -0.39 is 10.0 Å². The second kappa shape index (κ2) is 7.94. The van der Waals surface area contributed by atoms with E-state index in [0.717, 1.165) is 35.1 Å². The first kappa shape index (κ1) is 20.1. The van der Waals surface area contributed by atoms with Gasteiger partial charge in [0, 0.05) is 48.0 Å². The molecule has 0 atom stereocenters. The molecule has 0 fully saturated rings. The van der Waals surface area contributed by atoms with Crippen molar-refractivity contribution in [1.29, 1.82) is 0 Å². The summed E-state index contributed by atoms with van der Waals surface area (Å²) in [6, 6.07) is 8.94. The number of sulfonamides is 1. The number of aryl methyl sites for hydroxylation is 2. The Morgan fingerprint density at radius 2 is 2.07 bits per heavy atom. The molecule has 1 aliphatic heterocycles. The molecule has 0 unspecified atom stereocenters. The van der Waals surface area contributed by atoms with Crippen molar-refractivity contribution in [1.82, 2.24) is 13.9 Å². The normalized spacial score (nSPS) is 15.6. The number of pyridine rings is 1. The van der Waals surface area contributed by atoms with E-state index in [2.05, 4.69) is 28.7 Å². The van der Waals surface area contributed by atoms with Gasteiger partial charge in [-0.1, -0.05) is 30.7 Å². The third-order valence-corrected chi connectivity index (χ3v) is 7.67. The second-order valence-electron chi connectivity index (χ2n) is 7.36. The molecule has 7 heteroatoms. The Balaban J connectivity index is 1.63. The zero-order valence-corrected chi connectivity index (χ0v) is 18.2. The molecule has 29 heavy (non-hydrogen) atoms. The van der Waals surface area contributed by atoms with Gasteiger partial charge in [0.2, 0.25) is 10.0 Å². The fraction of sp³-hybridized carbons (Fsp3) is 0.318. The van der Waals surface area contributed by atoms with Gasteiger partial charge < -0.3 is 4.57 Å². The summed E-state index contributed by atoms with van der Waals surface area (Å²) in [5.74, 6) is 0. The summed E-state index contributed by atoms with van der Waals surface area (Å²) in [6.07, 6.45) is 7.68. The first-order chi connectivity index (χ1) is 13.9. The van der Waals surface area contributed by atoms with E-state index in [-0.39, 0.29) is 4.90 Å². The van der Waals surface area contributed by atoms with Gasteiger partial charge >= 0.3 is 0 Å². The molecule has 0 saturated carbocycles. The smallest absolute Gasteiger partial charge is 0.243 e. The van der Waals surface area contributed by atoms with Gasteiger partial charge in [0.05, 0.1) is 4.90 Å². The fourth-order valence-corrected chi connectivity index (χ4v) is 5.44. The molecule has 152 valence electrons. The number of fused-ring (bicyclic) bond motifs is 1. The predicted molar refractivity (Wildman–Crippen MR) is 118 cm³/mol. The van der Waals surface area contributed by atoms with Gasteiger partial charge in [0.1, 0.15) is 5.65 Å². The van der Waals surface area contributed by atoms with Crippen LogP contribution >= 0.6 is 11.6 Å². The van der Waals surface area contributed by atoms with Crippen molar-refractivity contribution in [2.24, 2.45) is 0 Å². The average Bonchev–Trinajstić information content (AvgIpc) is 3.09. The summed E-state index contributed by atoms with van der Waals surface area (Å²) in [4.78, 5) is 4.79. The van der Waals surface area contributed by atoms with Crippen LogP contribution in [-0.2, 0) is 16.6 Å². The highest BCUT2D eigenvalue weighted by atomic mass is 35.5. The minimum atomic E-state index is -3.57. The Bertz CT molecular complexity index is 1200. The number of hydrogen-bond donors (Lipinski definition) is 0. The van der Waals surface area contributed by atoms with Crippen molar-refractivity contribution in [2.75, 3.05) is 13.1 Å². The van der Waals surface area contributed by atoms with Crippen molar-refractivity contribution in [3.63, 3.8) is 0 Å². The van der Waals surface area contributed by atoms with Gasteiger partial charge in [-0.3, -0.25) is 0 Å². The van der Waals surface area contributed by atoms with Gasteiger partial charge in [-0.05, 0) is 55.2 Å². The number of hydrogen-bond acceptors (Lipinski definition) is 3. The highest BCUT2D eigenvalue weighted by molar-refractivity contribution is 7.89. The van der Waals surface area contributed by atoms with Crippen molar-refractivity contribution in [2.45, 2.75) is 38.1 Å². The number of nitrogens with zero attached hydrogens (tertiary/aromatic N) is 3. The zero-order valence-electron chi connectivity index (χ0n) is 16.6. The molecule has 1 aromatic carbocycles. The molecule has 5 nitrogen and oxygen atoms in total. The van der Waals surface area contributed by atoms with Crippen LogP contribution in [0.2, 0.25) is 5.02 Å². The molecule has 2 aromatic heterocycles. The van der Waals surface area contributed by atoms with Gasteiger partial charge in [0.25, 0.3) is 0 Å². The summed E-state index contributed by atoms with van der Waals surface area (Å²) in [6.45, 7) is 5.71. The highest BCUT2D eigenvalue weighted by Gasteiger charge is 2.27. The standard InChI is InChI=1S/C22H24ClN3O2S/c1-3-11-25-15-20(19-5-4-10-24-22(19)25)17-8-12-26(13-9-17)29(27,28)18-7-6-16(2)21(23)14-18/h4-8,10,14-15H,3,9,11-13H2,1-2H3. The van der Waals surface area contributed by atoms with Gasteiger partial charge in [-0.2, -0.15) is 4.31 Å². The lowest BCUT2D eigenvalue weighted by molar-refractivity contribution is 0.441. The van der Waals surface area contributed by atoms with Crippen LogP contribution in [0.4, 0.5) is 0 Å². The number of halogens is 1. The summed E-state index contributed by atoms with van der Waals surface area (Å²) in [7, 11) is -3.57. The molecule has 3 aromatic rings. The Morgan fingerprint density at radius 3 is 2.76 bits per heavy atom. The Labute approximate surface area is 176 Å². The molecule has 3 heterocycles. The van der Waals surface area contributed by atoms with Crippen LogP contribution in [0.5, 0.6) is 0 Å². The maximum Gasteiger partial charge on any atom is 0.243 e. The van der Waals surface area contributed by atoms with Crippen molar-refractivity contribution >= 4 is 38.2 Å². The average molecular weight is 430 g/mol. The van der Waals surface area contributed by atoms with Crippen LogP contribution in [0.1, 0.15) is 30.9 Å². The third kappa shape index (κ3) is 3.72. The maximum absolute atomic E-state index is 13.0. The molecule has 4 rings (SSSR count). The Morgan fingerprint density at radius 1 is 1.24 bits per heavy atom. The predicted octanol–water partition coefficient (Wildman–Crippen LogP) is 4.89. The number of benzene rings is 1. The maximum atomic E-state index is 13.0. The van der Waals surface area contributed by atoms with E-state index in [1.54, 1.807) is 12.1 Å². The van der Waals surface area contributed by atoms with E-state index in [0.29, 0.717) is 24.5 Å². The van der Waals surface area contributed by atoms with Gasteiger partial charge in [-0.25, -0.2) is 13.4 Å². The molecular formula is C22H24ClN3O2S. The number of aromatic nitrogens is 2. The Hall–Kier alpha value is -2.15. The summed E-state index contributed by atoms with van der Waals surface area (Å²) in [5, 5.41) is 1.59. The van der Waals surface area contributed by atoms with Crippen LogP contribution < -0.4 is 0 Å². The van der Waals surface area contributed by atoms with Crippen LogP contribution in [0.25, 0.3) is 16.6 Å². The van der Waals surface area contributed by atoms with Gasteiger partial charge in [-0.15, -0.1) is 0 Å². The van der Waals surface area contributed by atoms with E-state index in [4.69, 9.17) is 11.6 Å². The largest absolute Gasteiger partial charge is 0.332 e. The Kier molecular flexibility index (Phi) is 5.51. The first-order valence-corrected chi connectivity index (χ1v) is 11.6. The first-order valence-electron chi connectivity index (χ1n) is 9.81. The van der Waals surface area contributed by atoms with Crippen LogP contribution in [0.15, 0.2) is 53.7 Å². The lowest BCUT2D eigenvalue weighted by atomic mass is 10.0. The minimum absolute atomic E-state index is 0.244. The van der Waals surface area contributed by atoms with Crippen LogP contribution in [-0.4, -0.2) is 35.4 Å². The summed E-state index contributed by atoms with van der Waals surface area (Å²) < 4.78 is 29.7. The molecule has 0 radical (unpaired) electrons. The molecule has 0 N–H and O–H groups in total. The summed E-state index contributed by atoms with van der Waals surface area (Å²) in [5.41, 5.74) is 4.17. The quantitative estimate of drug-likeness (QED) is 0.580. The molecule has 1 aliphatic rings.